The topological polar surface area (TPSA) is 86.5 Å². The fourth-order valence-electron chi connectivity index (χ4n) is 3.02. The van der Waals surface area contributed by atoms with E-state index in [1.54, 1.807) is 18.3 Å². The molecule has 0 saturated carbocycles. The van der Waals surface area contributed by atoms with Crippen LogP contribution in [0.15, 0.2) is 22.9 Å². The molecule has 7 heteroatoms. The predicted octanol–water partition coefficient (Wildman–Crippen LogP) is 3.21. The molecule has 0 atom stereocenters. The van der Waals surface area contributed by atoms with E-state index in [9.17, 15) is 4.79 Å². The van der Waals surface area contributed by atoms with E-state index in [0.717, 1.165) is 49.1 Å². The van der Waals surface area contributed by atoms with Crippen molar-refractivity contribution in [2.45, 2.75) is 58.6 Å². The molecular formula is C20H27N3O4. The summed E-state index contributed by atoms with van der Waals surface area (Å²) < 4.78 is 16.4. The first-order valence-corrected chi connectivity index (χ1v) is 9.59. The van der Waals surface area contributed by atoms with Gasteiger partial charge in [-0.25, -0.2) is 4.98 Å². The smallest absolute Gasteiger partial charge is 0.253 e. The van der Waals surface area contributed by atoms with Crippen molar-refractivity contribution in [3.05, 3.63) is 40.9 Å². The van der Waals surface area contributed by atoms with E-state index in [1.807, 2.05) is 6.92 Å². The number of amides is 1. The lowest BCUT2D eigenvalue weighted by molar-refractivity contribution is 0.0696. The van der Waals surface area contributed by atoms with Gasteiger partial charge in [0, 0.05) is 31.5 Å². The molecule has 27 heavy (non-hydrogen) atoms. The second-order valence-electron chi connectivity index (χ2n) is 6.80. The highest BCUT2D eigenvalue weighted by atomic mass is 16.5. The van der Waals surface area contributed by atoms with Crippen LogP contribution < -0.4 is 10.1 Å². The SMILES string of the molecule is CCCCc1noc(C)c1COc1ccc(C(=O)NC2CCOCC2)cn1. The van der Waals surface area contributed by atoms with Crippen LogP contribution in [0.4, 0.5) is 0 Å². The monoisotopic (exact) mass is 373 g/mol. The van der Waals surface area contributed by atoms with Gasteiger partial charge in [0.05, 0.1) is 16.8 Å². The zero-order valence-electron chi connectivity index (χ0n) is 16.0. The molecule has 0 aliphatic carbocycles. The molecule has 1 amide bonds. The summed E-state index contributed by atoms with van der Waals surface area (Å²) in [6.45, 7) is 5.77. The Labute approximate surface area is 159 Å². The first-order valence-electron chi connectivity index (χ1n) is 9.59. The number of aromatic nitrogens is 2. The zero-order chi connectivity index (χ0) is 19.1. The summed E-state index contributed by atoms with van der Waals surface area (Å²) in [4.78, 5) is 16.6. The Bertz CT molecular complexity index is 736. The Morgan fingerprint density at radius 1 is 1.33 bits per heavy atom. The van der Waals surface area contributed by atoms with Crippen LogP contribution >= 0.6 is 0 Å². The van der Waals surface area contributed by atoms with E-state index < -0.39 is 0 Å². The fraction of sp³-hybridized carbons (Fsp3) is 0.550. The van der Waals surface area contributed by atoms with E-state index in [1.165, 1.54) is 0 Å². The number of nitrogens with one attached hydrogen (secondary N) is 1. The Morgan fingerprint density at radius 3 is 2.85 bits per heavy atom. The summed E-state index contributed by atoms with van der Waals surface area (Å²) in [6, 6.07) is 3.61. The minimum Gasteiger partial charge on any atom is -0.473 e. The molecule has 3 rings (SSSR count). The average Bonchev–Trinajstić information content (AvgIpc) is 3.05. The van der Waals surface area contributed by atoms with Gasteiger partial charge in [0.1, 0.15) is 12.4 Å². The van der Waals surface area contributed by atoms with Crippen LogP contribution in [0.5, 0.6) is 5.88 Å². The van der Waals surface area contributed by atoms with E-state index in [2.05, 4.69) is 22.4 Å². The standard InChI is InChI=1S/C20H27N3O4/c1-3-4-5-18-17(14(2)27-23-18)13-26-19-7-6-15(12-21-19)20(24)22-16-8-10-25-11-9-16/h6-7,12,16H,3-5,8-11,13H2,1-2H3,(H,22,24). The van der Waals surface area contributed by atoms with E-state index in [0.29, 0.717) is 31.3 Å². The third-order valence-electron chi connectivity index (χ3n) is 4.75. The van der Waals surface area contributed by atoms with Crippen molar-refractivity contribution in [3.8, 4) is 5.88 Å². The molecule has 7 nitrogen and oxygen atoms in total. The molecule has 0 bridgehead atoms. The normalized spacial score (nSPS) is 14.9. The predicted molar refractivity (Wildman–Crippen MR) is 99.7 cm³/mol. The number of unbranched alkanes of at least 4 members (excludes halogenated alkanes) is 1. The summed E-state index contributed by atoms with van der Waals surface area (Å²) in [5.74, 6) is 1.13. The summed E-state index contributed by atoms with van der Waals surface area (Å²) in [5, 5.41) is 7.14. The Hall–Kier alpha value is -2.41. The molecular weight excluding hydrogens is 346 g/mol. The van der Waals surface area contributed by atoms with Gasteiger partial charge in [-0.3, -0.25) is 4.79 Å². The number of hydrogen-bond acceptors (Lipinski definition) is 6. The van der Waals surface area contributed by atoms with Crippen molar-refractivity contribution < 1.29 is 18.8 Å². The summed E-state index contributed by atoms with van der Waals surface area (Å²) in [7, 11) is 0. The largest absolute Gasteiger partial charge is 0.473 e. The summed E-state index contributed by atoms with van der Waals surface area (Å²) in [6.07, 6.45) is 6.28. The highest BCUT2D eigenvalue weighted by Gasteiger charge is 2.17. The quantitative estimate of drug-likeness (QED) is 0.765. The number of hydrogen-bond donors (Lipinski definition) is 1. The number of ether oxygens (including phenoxy) is 2. The Balaban J connectivity index is 1.55. The molecule has 1 fully saturated rings. The molecule has 2 aromatic rings. The van der Waals surface area contributed by atoms with Crippen LogP contribution in [0, 0.1) is 6.92 Å². The van der Waals surface area contributed by atoms with Crippen molar-refractivity contribution in [3.63, 3.8) is 0 Å². The van der Waals surface area contributed by atoms with E-state index >= 15 is 0 Å². The van der Waals surface area contributed by atoms with Crippen LogP contribution in [-0.4, -0.2) is 35.3 Å². The lowest BCUT2D eigenvalue weighted by atomic mass is 10.1. The number of nitrogens with zero attached hydrogens (tertiary/aromatic N) is 2. The summed E-state index contributed by atoms with van der Waals surface area (Å²) in [5.41, 5.74) is 2.45. The van der Waals surface area contributed by atoms with E-state index in [-0.39, 0.29) is 11.9 Å². The maximum Gasteiger partial charge on any atom is 0.253 e. The average molecular weight is 373 g/mol. The van der Waals surface area contributed by atoms with Crippen molar-refractivity contribution in [2.24, 2.45) is 0 Å². The van der Waals surface area contributed by atoms with Gasteiger partial charge < -0.3 is 19.3 Å². The van der Waals surface area contributed by atoms with Crippen LogP contribution in [0.25, 0.3) is 0 Å². The lowest BCUT2D eigenvalue weighted by Crippen LogP contribution is -2.38. The Morgan fingerprint density at radius 2 is 2.15 bits per heavy atom. The molecule has 2 aromatic heterocycles. The van der Waals surface area contributed by atoms with Crippen molar-refractivity contribution in [1.82, 2.24) is 15.5 Å². The van der Waals surface area contributed by atoms with Gasteiger partial charge in [0.25, 0.3) is 5.91 Å². The van der Waals surface area contributed by atoms with Crippen LogP contribution in [0.3, 0.4) is 0 Å². The number of carbonyl (C=O) groups excluding carboxylic acids is 1. The van der Waals surface area contributed by atoms with Crippen molar-refractivity contribution in [2.75, 3.05) is 13.2 Å². The fourth-order valence-corrected chi connectivity index (χ4v) is 3.02. The molecule has 1 aliphatic heterocycles. The van der Waals surface area contributed by atoms with E-state index in [4.69, 9.17) is 14.0 Å². The number of aryl methyl sites for hydroxylation is 2. The highest BCUT2D eigenvalue weighted by Crippen LogP contribution is 2.18. The molecule has 3 heterocycles. The van der Waals surface area contributed by atoms with Gasteiger partial charge in [0.2, 0.25) is 5.88 Å². The molecule has 1 N–H and O–H groups in total. The molecule has 0 unspecified atom stereocenters. The van der Waals surface area contributed by atoms with Gasteiger partial charge in [0.15, 0.2) is 0 Å². The van der Waals surface area contributed by atoms with Crippen LogP contribution in [0.1, 0.15) is 60.0 Å². The van der Waals surface area contributed by atoms with Gasteiger partial charge in [-0.15, -0.1) is 0 Å². The summed E-state index contributed by atoms with van der Waals surface area (Å²) >= 11 is 0. The minimum atomic E-state index is -0.113. The second-order valence-corrected chi connectivity index (χ2v) is 6.80. The maximum atomic E-state index is 12.3. The molecule has 0 radical (unpaired) electrons. The molecule has 1 aliphatic rings. The van der Waals surface area contributed by atoms with Crippen molar-refractivity contribution in [1.29, 1.82) is 0 Å². The van der Waals surface area contributed by atoms with Gasteiger partial charge in [-0.2, -0.15) is 0 Å². The van der Waals surface area contributed by atoms with Gasteiger partial charge in [-0.1, -0.05) is 18.5 Å². The second kappa shape index (κ2) is 9.50. The zero-order valence-corrected chi connectivity index (χ0v) is 16.0. The third kappa shape index (κ3) is 5.29. The highest BCUT2D eigenvalue weighted by molar-refractivity contribution is 5.94. The number of carbonyl (C=O) groups is 1. The number of rotatable bonds is 8. The lowest BCUT2D eigenvalue weighted by Gasteiger charge is -2.23. The first kappa shape index (κ1) is 19.4. The molecule has 0 spiro atoms. The van der Waals surface area contributed by atoms with Gasteiger partial charge in [-0.05, 0) is 38.7 Å². The van der Waals surface area contributed by atoms with Crippen LogP contribution in [-0.2, 0) is 17.8 Å². The Kier molecular flexibility index (Phi) is 6.81. The molecule has 1 saturated heterocycles. The van der Waals surface area contributed by atoms with Crippen LogP contribution in [0.2, 0.25) is 0 Å². The number of pyridine rings is 1. The maximum absolute atomic E-state index is 12.3. The molecule has 146 valence electrons. The first-order chi connectivity index (χ1) is 13.2. The van der Waals surface area contributed by atoms with Crippen molar-refractivity contribution >= 4 is 5.91 Å². The third-order valence-corrected chi connectivity index (χ3v) is 4.75. The minimum absolute atomic E-state index is 0.113. The molecule has 0 aromatic carbocycles. The van der Waals surface area contributed by atoms with Gasteiger partial charge >= 0.3 is 0 Å².